The molecular formula is C27H17Br2N. The Morgan fingerprint density at radius 3 is 1.60 bits per heavy atom. The standard InChI is InChI=1S/C27H17Br2N/c1-17-2-6-19(7-3-17)27(20-8-4-18(16-30)5-9-20)25-14-21(28)10-12-23(25)24-13-11-22(29)15-26(24)27/h2-15H,1H3. The quantitative estimate of drug-likeness (QED) is 0.236. The summed E-state index contributed by atoms with van der Waals surface area (Å²) in [7, 11) is 0. The van der Waals surface area contributed by atoms with Gasteiger partial charge in [-0.15, -0.1) is 0 Å². The largest absolute Gasteiger partial charge is 0.192 e. The first-order valence-corrected chi connectivity index (χ1v) is 11.3. The first kappa shape index (κ1) is 19.3. The van der Waals surface area contributed by atoms with Crippen LogP contribution in [0.1, 0.15) is 33.4 Å². The Hall–Kier alpha value is -2.67. The molecule has 4 aromatic carbocycles. The molecule has 0 saturated heterocycles. The zero-order valence-corrected chi connectivity index (χ0v) is 19.5. The highest BCUT2D eigenvalue weighted by molar-refractivity contribution is 9.10. The van der Waals surface area contributed by atoms with E-state index in [1.165, 1.54) is 33.4 Å². The molecule has 0 saturated carbocycles. The van der Waals surface area contributed by atoms with Crippen LogP contribution in [0.15, 0.2) is 93.9 Å². The van der Waals surface area contributed by atoms with Gasteiger partial charge in [0.25, 0.3) is 0 Å². The number of hydrogen-bond donors (Lipinski definition) is 0. The van der Waals surface area contributed by atoms with E-state index >= 15 is 0 Å². The van der Waals surface area contributed by atoms with Crippen molar-refractivity contribution in [2.45, 2.75) is 12.3 Å². The fraction of sp³-hybridized carbons (Fsp3) is 0.0741. The van der Waals surface area contributed by atoms with Gasteiger partial charge in [-0.1, -0.05) is 86.0 Å². The van der Waals surface area contributed by atoms with E-state index in [9.17, 15) is 5.26 Å². The molecule has 5 rings (SSSR count). The van der Waals surface area contributed by atoms with Crippen LogP contribution in [0.25, 0.3) is 11.1 Å². The zero-order valence-electron chi connectivity index (χ0n) is 16.3. The lowest BCUT2D eigenvalue weighted by atomic mass is 9.67. The third-order valence-corrected chi connectivity index (χ3v) is 6.98. The van der Waals surface area contributed by atoms with Gasteiger partial charge in [-0.2, -0.15) is 5.26 Å². The number of hydrogen-bond acceptors (Lipinski definition) is 1. The van der Waals surface area contributed by atoms with Gasteiger partial charge in [0.2, 0.25) is 0 Å². The summed E-state index contributed by atoms with van der Waals surface area (Å²) < 4.78 is 2.11. The van der Waals surface area contributed by atoms with Gasteiger partial charge in [0.05, 0.1) is 17.0 Å². The van der Waals surface area contributed by atoms with Crippen LogP contribution in [0.2, 0.25) is 0 Å². The van der Waals surface area contributed by atoms with Crippen LogP contribution in [0.5, 0.6) is 0 Å². The molecule has 0 fully saturated rings. The average molecular weight is 515 g/mol. The highest BCUT2D eigenvalue weighted by Crippen LogP contribution is 2.57. The number of rotatable bonds is 2. The molecule has 30 heavy (non-hydrogen) atoms. The number of aryl methyl sites for hydroxylation is 1. The molecule has 0 bridgehead atoms. The van der Waals surface area contributed by atoms with E-state index in [0.717, 1.165) is 14.5 Å². The molecule has 0 amide bonds. The Balaban J connectivity index is 1.95. The maximum absolute atomic E-state index is 9.33. The van der Waals surface area contributed by atoms with Gasteiger partial charge in [-0.3, -0.25) is 0 Å². The third kappa shape index (κ3) is 2.79. The lowest BCUT2D eigenvalue weighted by Gasteiger charge is -2.34. The van der Waals surface area contributed by atoms with E-state index in [0.29, 0.717) is 5.56 Å². The monoisotopic (exact) mass is 513 g/mol. The van der Waals surface area contributed by atoms with Crippen LogP contribution >= 0.6 is 31.9 Å². The van der Waals surface area contributed by atoms with Gasteiger partial charge in [-0.05, 0) is 76.7 Å². The predicted octanol–water partition coefficient (Wildman–Crippen LogP) is 7.75. The zero-order chi connectivity index (χ0) is 20.9. The van der Waals surface area contributed by atoms with Crippen molar-refractivity contribution in [3.05, 3.63) is 127 Å². The van der Waals surface area contributed by atoms with Gasteiger partial charge in [0, 0.05) is 8.95 Å². The SMILES string of the molecule is Cc1ccc(C2(c3ccc(C#N)cc3)c3cc(Br)ccc3-c3ccc(Br)cc32)cc1. The molecule has 3 heteroatoms. The molecule has 144 valence electrons. The molecule has 4 aromatic rings. The molecule has 1 aliphatic carbocycles. The van der Waals surface area contributed by atoms with Crippen LogP contribution in [-0.2, 0) is 5.41 Å². The van der Waals surface area contributed by atoms with Gasteiger partial charge in [-0.25, -0.2) is 0 Å². The fourth-order valence-electron chi connectivity index (χ4n) is 4.66. The summed E-state index contributed by atoms with van der Waals surface area (Å²) in [5.41, 5.74) is 8.79. The maximum atomic E-state index is 9.33. The third-order valence-electron chi connectivity index (χ3n) is 5.99. The minimum atomic E-state index is -0.458. The first-order chi connectivity index (χ1) is 14.5. The van der Waals surface area contributed by atoms with E-state index in [2.05, 4.69) is 118 Å². The van der Waals surface area contributed by atoms with Crippen molar-refractivity contribution in [2.75, 3.05) is 0 Å². The molecule has 0 radical (unpaired) electrons. The van der Waals surface area contributed by atoms with Crippen LogP contribution in [0.3, 0.4) is 0 Å². The molecule has 0 unspecified atom stereocenters. The number of nitriles is 1. The lowest BCUT2D eigenvalue weighted by molar-refractivity contribution is 0.766. The van der Waals surface area contributed by atoms with Crippen molar-refractivity contribution in [2.24, 2.45) is 0 Å². The predicted molar refractivity (Wildman–Crippen MR) is 129 cm³/mol. The average Bonchev–Trinajstić information content (AvgIpc) is 3.04. The number of nitrogens with zero attached hydrogens (tertiary/aromatic N) is 1. The first-order valence-electron chi connectivity index (χ1n) is 9.72. The van der Waals surface area contributed by atoms with Crippen molar-refractivity contribution in [1.29, 1.82) is 5.26 Å². The number of halogens is 2. The molecule has 0 atom stereocenters. The van der Waals surface area contributed by atoms with Crippen LogP contribution in [-0.4, -0.2) is 0 Å². The molecule has 1 aliphatic rings. The van der Waals surface area contributed by atoms with E-state index in [-0.39, 0.29) is 0 Å². The van der Waals surface area contributed by atoms with Gasteiger partial charge in [0.15, 0.2) is 0 Å². The van der Waals surface area contributed by atoms with Crippen molar-refractivity contribution in [1.82, 2.24) is 0 Å². The Morgan fingerprint density at radius 2 is 1.13 bits per heavy atom. The molecule has 0 aliphatic heterocycles. The molecule has 1 nitrogen and oxygen atoms in total. The highest BCUT2D eigenvalue weighted by atomic mass is 79.9. The Morgan fingerprint density at radius 1 is 0.667 bits per heavy atom. The van der Waals surface area contributed by atoms with Crippen molar-refractivity contribution in [3.63, 3.8) is 0 Å². The molecule has 0 heterocycles. The number of benzene rings is 4. The Labute approximate surface area is 193 Å². The minimum absolute atomic E-state index is 0.458. The molecule has 0 N–H and O–H groups in total. The highest BCUT2D eigenvalue weighted by Gasteiger charge is 2.46. The smallest absolute Gasteiger partial charge is 0.0991 e. The van der Waals surface area contributed by atoms with Crippen LogP contribution in [0, 0.1) is 18.3 Å². The summed E-state index contributed by atoms with van der Waals surface area (Å²) in [6.45, 7) is 2.11. The molecule has 0 spiro atoms. The second-order valence-corrected chi connectivity index (χ2v) is 9.52. The fourth-order valence-corrected chi connectivity index (χ4v) is 5.38. The summed E-state index contributed by atoms with van der Waals surface area (Å²) in [6.07, 6.45) is 0. The lowest BCUT2D eigenvalue weighted by Crippen LogP contribution is -2.28. The van der Waals surface area contributed by atoms with E-state index in [1.807, 2.05) is 12.1 Å². The maximum Gasteiger partial charge on any atom is 0.0991 e. The Kier molecular flexibility index (Phi) is 4.65. The van der Waals surface area contributed by atoms with Crippen LogP contribution < -0.4 is 0 Å². The second-order valence-electron chi connectivity index (χ2n) is 7.68. The summed E-state index contributed by atoms with van der Waals surface area (Å²) in [5, 5.41) is 9.33. The van der Waals surface area contributed by atoms with Crippen LogP contribution in [0.4, 0.5) is 0 Å². The van der Waals surface area contributed by atoms with Gasteiger partial charge < -0.3 is 0 Å². The normalized spacial score (nSPS) is 13.4. The molecule has 0 aromatic heterocycles. The minimum Gasteiger partial charge on any atom is -0.192 e. The van der Waals surface area contributed by atoms with Gasteiger partial charge in [0.1, 0.15) is 0 Å². The van der Waals surface area contributed by atoms with E-state index in [1.54, 1.807) is 0 Å². The summed E-state index contributed by atoms with van der Waals surface area (Å²) in [4.78, 5) is 0. The summed E-state index contributed by atoms with van der Waals surface area (Å²) in [5.74, 6) is 0. The van der Waals surface area contributed by atoms with Crippen molar-refractivity contribution in [3.8, 4) is 17.2 Å². The summed E-state index contributed by atoms with van der Waals surface area (Å²) in [6, 6.07) is 32.2. The topological polar surface area (TPSA) is 23.8 Å². The van der Waals surface area contributed by atoms with Crippen molar-refractivity contribution < 1.29 is 0 Å². The van der Waals surface area contributed by atoms with Gasteiger partial charge >= 0.3 is 0 Å². The second kappa shape index (κ2) is 7.23. The van der Waals surface area contributed by atoms with E-state index in [4.69, 9.17) is 0 Å². The Bertz CT molecular complexity index is 1260. The molecular weight excluding hydrogens is 498 g/mol. The van der Waals surface area contributed by atoms with E-state index < -0.39 is 5.41 Å². The number of fused-ring (bicyclic) bond motifs is 3. The summed E-state index contributed by atoms with van der Waals surface area (Å²) >= 11 is 7.41. The van der Waals surface area contributed by atoms with Crippen molar-refractivity contribution >= 4 is 31.9 Å².